The minimum absolute atomic E-state index is 0.407. The maximum atomic E-state index is 13.8. The van der Waals surface area contributed by atoms with Crippen LogP contribution in [0.5, 0.6) is 11.5 Å². The fraction of sp³-hybridized carbons (Fsp3) is 0.250. The highest BCUT2D eigenvalue weighted by molar-refractivity contribution is 7.75. The first-order valence-corrected chi connectivity index (χ1v) is 8.31. The summed E-state index contributed by atoms with van der Waals surface area (Å²) in [6.07, 6.45) is -11.9. The smallest absolute Gasteiger partial charge is 0.368 e. The van der Waals surface area contributed by atoms with E-state index in [0.29, 0.717) is 12.1 Å². The SMILES string of the molecule is O=S(Oc1ccc(CC(F)(F)F)cc1F)Oc1ccc(CC(F)(F)F)cc1F. The van der Waals surface area contributed by atoms with E-state index in [1.54, 1.807) is 0 Å². The van der Waals surface area contributed by atoms with E-state index in [1.165, 1.54) is 0 Å². The third kappa shape index (κ3) is 6.98. The van der Waals surface area contributed by atoms with Gasteiger partial charge in [-0.05, 0) is 35.4 Å². The standard InChI is InChI=1S/C16H10F8O3S/c17-11-5-9(7-15(19,20)21)1-3-13(11)26-28(25)27-14-4-2-10(6-12(14)18)8-16(22,23)24/h1-6H,7-8H2. The first-order valence-electron chi connectivity index (χ1n) is 7.31. The Bertz CT molecular complexity index is 794. The number of rotatable bonds is 6. The van der Waals surface area contributed by atoms with Crippen LogP contribution in [0.3, 0.4) is 0 Å². The van der Waals surface area contributed by atoms with Gasteiger partial charge in [0.25, 0.3) is 0 Å². The van der Waals surface area contributed by atoms with Crippen molar-refractivity contribution in [2.24, 2.45) is 0 Å². The van der Waals surface area contributed by atoms with Gasteiger partial charge in [0.05, 0.1) is 12.8 Å². The number of alkyl halides is 6. The second-order valence-electron chi connectivity index (χ2n) is 5.48. The average molecular weight is 434 g/mol. The minimum Gasteiger partial charge on any atom is -0.368 e. The number of hydrogen-bond donors (Lipinski definition) is 0. The summed E-state index contributed by atoms with van der Waals surface area (Å²) in [6, 6.07) is 4.37. The molecule has 0 unspecified atom stereocenters. The number of hydrogen-bond acceptors (Lipinski definition) is 3. The average Bonchev–Trinajstić information content (AvgIpc) is 2.50. The van der Waals surface area contributed by atoms with Gasteiger partial charge in [-0.25, -0.2) is 8.78 Å². The van der Waals surface area contributed by atoms with Gasteiger partial charge in [-0.1, -0.05) is 12.1 Å². The van der Waals surface area contributed by atoms with Gasteiger partial charge in [-0.2, -0.15) is 30.6 Å². The summed E-state index contributed by atoms with van der Waals surface area (Å²) >= 11 is -2.82. The molecule has 0 heterocycles. The lowest BCUT2D eigenvalue weighted by Crippen LogP contribution is -2.13. The zero-order chi connectivity index (χ0) is 21.1. The van der Waals surface area contributed by atoms with E-state index in [2.05, 4.69) is 8.37 Å². The second kappa shape index (κ2) is 8.33. The van der Waals surface area contributed by atoms with Crippen molar-refractivity contribution in [3.63, 3.8) is 0 Å². The highest BCUT2D eigenvalue weighted by Crippen LogP contribution is 2.27. The van der Waals surface area contributed by atoms with E-state index in [-0.39, 0.29) is 0 Å². The van der Waals surface area contributed by atoms with Crippen LogP contribution >= 0.6 is 0 Å². The summed E-state index contributed by atoms with van der Waals surface area (Å²) in [5.41, 5.74) is -0.814. The van der Waals surface area contributed by atoms with Crippen LogP contribution in [0.2, 0.25) is 0 Å². The van der Waals surface area contributed by atoms with Crippen molar-refractivity contribution in [2.45, 2.75) is 25.2 Å². The fourth-order valence-corrected chi connectivity index (χ4v) is 2.67. The van der Waals surface area contributed by atoms with E-state index >= 15 is 0 Å². The highest BCUT2D eigenvalue weighted by Gasteiger charge is 2.29. The van der Waals surface area contributed by atoms with Gasteiger partial charge in [-0.15, -0.1) is 0 Å². The monoisotopic (exact) mass is 434 g/mol. The Hall–Kier alpha value is -2.37. The van der Waals surface area contributed by atoms with Crippen LogP contribution in [0.15, 0.2) is 36.4 Å². The maximum absolute atomic E-state index is 13.8. The van der Waals surface area contributed by atoms with Gasteiger partial charge >= 0.3 is 23.7 Å². The minimum atomic E-state index is -4.56. The van der Waals surface area contributed by atoms with Gasteiger partial charge in [0.15, 0.2) is 23.1 Å². The van der Waals surface area contributed by atoms with Gasteiger partial charge in [-0.3, -0.25) is 0 Å². The van der Waals surface area contributed by atoms with E-state index in [0.717, 1.165) is 24.3 Å². The topological polar surface area (TPSA) is 35.5 Å². The predicted molar refractivity (Wildman–Crippen MR) is 81.7 cm³/mol. The van der Waals surface area contributed by atoms with Gasteiger partial charge in [0.2, 0.25) is 0 Å². The molecule has 0 saturated carbocycles. The first kappa shape index (κ1) is 21.9. The Morgan fingerprint density at radius 2 is 1.07 bits per heavy atom. The van der Waals surface area contributed by atoms with Crippen molar-refractivity contribution in [2.75, 3.05) is 0 Å². The molecule has 154 valence electrons. The lowest BCUT2D eigenvalue weighted by Gasteiger charge is -2.11. The molecule has 0 aliphatic carbocycles. The maximum Gasteiger partial charge on any atom is 0.417 e. The van der Waals surface area contributed by atoms with Gasteiger partial charge < -0.3 is 8.37 Å². The zero-order valence-corrected chi connectivity index (χ0v) is 14.4. The summed E-state index contributed by atoms with van der Waals surface area (Å²) in [4.78, 5) is 0. The molecule has 3 nitrogen and oxygen atoms in total. The van der Waals surface area contributed by atoms with E-state index in [1.807, 2.05) is 0 Å². The number of benzene rings is 2. The van der Waals surface area contributed by atoms with Crippen molar-refractivity contribution < 1.29 is 47.7 Å². The molecule has 2 rings (SSSR count). The van der Waals surface area contributed by atoms with Crippen molar-refractivity contribution in [1.29, 1.82) is 0 Å². The molecule has 0 saturated heterocycles. The molecule has 0 radical (unpaired) electrons. The fourth-order valence-electron chi connectivity index (χ4n) is 2.07. The molecular weight excluding hydrogens is 424 g/mol. The molecule has 0 bridgehead atoms. The van der Waals surface area contributed by atoms with Crippen LogP contribution in [0.1, 0.15) is 11.1 Å². The third-order valence-electron chi connectivity index (χ3n) is 3.12. The number of halogens is 8. The summed E-state index contributed by atoms with van der Waals surface area (Å²) in [7, 11) is 0. The van der Waals surface area contributed by atoms with Crippen molar-refractivity contribution in [1.82, 2.24) is 0 Å². The Labute approximate surface area is 155 Å². The van der Waals surface area contributed by atoms with E-state index < -0.39 is 70.8 Å². The predicted octanol–water partition coefficient (Wildman–Crippen LogP) is 5.21. The van der Waals surface area contributed by atoms with Crippen LogP contribution < -0.4 is 8.37 Å². The highest BCUT2D eigenvalue weighted by atomic mass is 32.2. The van der Waals surface area contributed by atoms with Crippen molar-refractivity contribution in [3.05, 3.63) is 59.2 Å². The molecule has 0 N–H and O–H groups in total. The lowest BCUT2D eigenvalue weighted by molar-refractivity contribution is -0.128. The van der Waals surface area contributed by atoms with Crippen LogP contribution in [-0.4, -0.2) is 16.6 Å². The summed E-state index contributed by atoms with van der Waals surface area (Å²) in [5.74, 6) is -3.98. The summed E-state index contributed by atoms with van der Waals surface area (Å²) < 4.78 is 122. The summed E-state index contributed by atoms with van der Waals surface area (Å²) in [5, 5.41) is 0. The Kier molecular flexibility index (Phi) is 6.52. The molecular formula is C16H10F8O3S. The molecule has 0 aliphatic heterocycles. The van der Waals surface area contributed by atoms with Crippen LogP contribution in [-0.2, 0) is 24.2 Å². The van der Waals surface area contributed by atoms with Crippen LogP contribution in [0.25, 0.3) is 0 Å². The molecule has 0 amide bonds. The molecule has 2 aromatic carbocycles. The van der Waals surface area contributed by atoms with Gasteiger partial charge in [0.1, 0.15) is 0 Å². The third-order valence-corrected chi connectivity index (χ3v) is 3.75. The van der Waals surface area contributed by atoms with Crippen LogP contribution in [0, 0.1) is 11.6 Å². The largest absolute Gasteiger partial charge is 0.417 e. The molecule has 28 heavy (non-hydrogen) atoms. The van der Waals surface area contributed by atoms with Gasteiger partial charge in [0, 0.05) is 0 Å². The quantitative estimate of drug-likeness (QED) is 0.586. The Balaban J connectivity index is 2.04. The second-order valence-corrected chi connectivity index (χ2v) is 6.23. The molecule has 2 aromatic rings. The Morgan fingerprint density at radius 3 is 1.36 bits per heavy atom. The molecule has 12 heteroatoms. The van der Waals surface area contributed by atoms with E-state index in [4.69, 9.17) is 0 Å². The van der Waals surface area contributed by atoms with Crippen LogP contribution in [0.4, 0.5) is 35.1 Å². The lowest BCUT2D eigenvalue weighted by atomic mass is 10.1. The molecule has 0 fully saturated rings. The molecule has 0 spiro atoms. The van der Waals surface area contributed by atoms with Crippen molar-refractivity contribution in [3.8, 4) is 11.5 Å². The first-order chi connectivity index (χ1) is 12.8. The normalized spacial score (nSPS) is 12.3. The molecule has 0 atom stereocenters. The van der Waals surface area contributed by atoms with E-state index in [9.17, 15) is 39.3 Å². The Morgan fingerprint density at radius 1 is 0.714 bits per heavy atom. The molecule has 0 aromatic heterocycles. The molecule has 0 aliphatic rings. The van der Waals surface area contributed by atoms with Crippen molar-refractivity contribution >= 4 is 11.4 Å². The summed E-state index contributed by atoms with van der Waals surface area (Å²) in [6.45, 7) is 0. The zero-order valence-electron chi connectivity index (χ0n) is 13.5.